The molecule has 30 heavy (non-hydrogen) atoms. The standard InChI is InChI=1S/C22H33N5O3/c1-5-18-14-19(30-25-18)15-24-22(23-6-2)27-11-9-26(10-12-27)16-17-7-8-20(28-3)21(13-17)29-4/h7-8,13-14H,5-6,9-12,15-16H2,1-4H3,(H,23,24). The quantitative estimate of drug-likeness (QED) is 0.524. The van der Waals surface area contributed by atoms with Gasteiger partial charge >= 0.3 is 0 Å². The first-order chi connectivity index (χ1) is 14.7. The third-order valence-electron chi connectivity index (χ3n) is 5.22. The summed E-state index contributed by atoms with van der Waals surface area (Å²) in [7, 11) is 3.33. The smallest absolute Gasteiger partial charge is 0.194 e. The second kappa shape index (κ2) is 10.9. The first kappa shape index (κ1) is 22.0. The molecule has 3 rings (SSSR count). The molecule has 1 N–H and O–H groups in total. The summed E-state index contributed by atoms with van der Waals surface area (Å²) in [5.41, 5.74) is 2.19. The second-order valence-corrected chi connectivity index (χ2v) is 7.26. The molecule has 2 aromatic rings. The lowest BCUT2D eigenvalue weighted by molar-refractivity contribution is 0.172. The average molecular weight is 416 g/mol. The summed E-state index contributed by atoms with van der Waals surface area (Å²) < 4.78 is 16.1. The SMILES string of the molecule is CCNC(=NCc1cc(CC)no1)N1CCN(Cc2ccc(OC)c(OC)c2)CC1. The Kier molecular flexibility index (Phi) is 7.96. The van der Waals surface area contributed by atoms with E-state index in [4.69, 9.17) is 19.0 Å². The number of rotatable bonds is 8. The molecular formula is C22H33N5O3. The number of aryl methyl sites for hydroxylation is 1. The molecule has 1 aliphatic rings. The fourth-order valence-electron chi connectivity index (χ4n) is 3.53. The van der Waals surface area contributed by atoms with Gasteiger partial charge in [-0.25, -0.2) is 4.99 Å². The molecule has 0 amide bonds. The van der Waals surface area contributed by atoms with Crippen molar-refractivity contribution in [1.29, 1.82) is 0 Å². The highest BCUT2D eigenvalue weighted by atomic mass is 16.5. The molecule has 8 heteroatoms. The van der Waals surface area contributed by atoms with E-state index >= 15 is 0 Å². The van der Waals surface area contributed by atoms with Gasteiger partial charge in [-0.05, 0) is 31.0 Å². The van der Waals surface area contributed by atoms with Crippen LogP contribution in [0.15, 0.2) is 33.8 Å². The van der Waals surface area contributed by atoms with Crippen molar-refractivity contribution >= 4 is 5.96 Å². The van der Waals surface area contributed by atoms with Crippen LogP contribution in [0.1, 0.15) is 30.9 Å². The third kappa shape index (κ3) is 5.66. The van der Waals surface area contributed by atoms with E-state index < -0.39 is 0 Å². The van der Waals surface area contributed by atoms with Crippen LogP contribution in [-0.2, 0) is 19.5 Å². The molecular weight excluding hydrogens is 382 g/mol. The van der Waals surface area contributed by atoms with E-state index in [0.29, 0.717) is 6.54 Å². The van der Waals surface area contributed by atoms with E-state index in [2.05, 4.69) is 46.3 Å². The topological polar surface area (TPSA) is 75.4 Å². The number of hydrogen-bond acceptors (Lipinski definition) is 6. The van der Waals surface area contributed by atoms with Gasteiger partial charge in [0.1, 0.15) is 6.54 Å². The maximum atomic E-state index is 5.43. The molecule has 1 aromatic carbocycles. The number of piperazine rings is 1. The highest BCUT2D eigenvalue weighted by molar-refractivity contribution is 5.80. The summed E-state index contributed by atoms with van der Waals surface area (Å²) in [5, 5.41) is 7.44. The first-order valence-electron chi connectivity index (χ1n) is 10.6. The van der Waals surface area contributed by atoms with Crippen molar-refractivity contribution in [3.8, 4) is 11.5 Å². The number of aliphatic imine (C=N–C) groups is 1. The van der Waals surface area contributed by atoms with Gasteiger partial charge in [-0.3, -0.25) is 4.90 Å². The summed E-state index contributed by atoms with van der Waals surface area (Å²) >= 11 is 0. The number of guanidine groups is 1. The lowest BCUT2D eigenvalue weighted by atomic mass is 10.1. The van der Waals surface area contributed by atoms with Gasteiger partial charge in [0.15, 0.2) is 23.2 Å². The molecule has 0 unspecified atom stereocenters. The van der Waals surface area contributed by atoms with Crippen molar-refractivity contribution in [2.75, 3.05) is 46.9 Å². The lowest BCUT2D eigenvalue weighted by Gasteiger charge is -2.36. The van der Waals surface area contributed by atoms with Crippen molar-refractivity contribution in [3.63, 3.8) is 0 Å². The molecule has 1 fully saturated rings. The van der Waals surface area contributed by atoms with Crippen LogP contribution >= 0.6 is 0 Å². The van der Waals surface area contributed by atoms with Crippen LogP contribution < -0.4 is 14.8 Å². The minimum Gasteiger partial charge on any atom is -0.493 e. The summed E-state index contributed by atoms with van der Waals surface area (Å²) in [5.74, 6) is 3.26. The average Bonchev–Trinajstić information content (AvgIpc) is 3.25. The number of nitrogens with one attached hydrogen (secondary N) is 1. The Labute approximate surface area is 178 Å². The van der Waals surface area contributed by atoms with Crippen LogP contribution in [0.5, 0.6) is 11.5 Å². The van der Waals surface area contributed by atoms with E-state index in [1.807, 2.05) is 12.1 Å². The maximum absolute atomic E-state index is 5.43. The number of ether oxygens (including phenoxy) is 2. The Hall–Kier alpha value is -2.74. The third-order valence-corrected chi connectivity index (χ3v) is 5.22. The van der Waals surface area contributed by atoms with Crippen molar-refractivity contribution in [2.45, 2.75) is 33.4 Å². The molecule has 1 aliphatic heterocycles. The van der Waals surface area contributed by atoms with Crippen LogP contribution in [0.25, 0.3) is 0 Å². The first-order valence-corrected chi connectivity index (χ1v) is 10.6. The number of nitrogens with zero attached hydrogens (tertiary/aromatic N) is 4. The summed E-state index contributed by atoms with van der Waals surface area (Å²) in [4.78, 5) is 9.52. The molecule has 1 saturated heterocycles. The maximum Gasteiger partial charge on any atom is 0.194 e. The zero-order chi connectivity index (χ0) is 21.3. The molecule has 0 aliphatic carbocycles. The van der Waals surface area contributed by atoms with Gasteiger partial charge in [-0.15, -0.1) is 0 Å². The fourth-order valence-corrected chi connectivity index (χ4v) is 3.53. The van der Waals surface area contributed by atoms with E-state index in [9.17, 15) is 0 Å². The summed E-state index contributed by atoms with van der Waals surface area (Å²) in [6.07, 6.45) is 0.870. The summed E-state index contributed by atoms with van der Waals surface area (Å²) in [6, 6.07) is 8.10. The molecule has 0 spiro atoms. The van der Waals surface area contributed by atoms with Gasteiger partial charge in [-0.2, -0.15) is 0 Å². The predicted octanol–water partition coefficient (Wildman–Crippen LogP) is 2.54. The predicted molar refractivity (Wildman–Crippen MR) is 117 cm³/mol. The largest absolute Gasteiger partial charge is 0.493 e. The van der Waals surface area contributed by atoms with Crippen LogP contribution in [-0.4, -0.2) is 67.9 Å². The van der Waals surface area contributed by atoms with Crippen LogP contribution in [0.2, 0.25) is 0 Å². The van der Waals surface area contributed by atoms with Crippen LogP contribution in [0, 0.1) is 0 Å². The Morgan fingerprint density at radius 1 is 1.10 bits per heavy atom. The van der Waals surface area contributed by atoms with Crippen molar-refractivity contribution < 1.29 is 14.0 Å². The molecule has 0 radical (unpaired) electrons. The molecule has 2 heterocycles. The number of benzene rings is 1. The highest BCUT2D eigenvalue weighted by Crippen LogP contribution is 2.28. The highest BCUT2D eigenvalue weighted by Gasteiger charge is 2.20. The van der Waals surface area contributed by atoms with Gasteiger partial charge in [0.25, 0.3) is 0 Å². The normalized spacial score (nSPS) is 15.3. The number of aromatic nitrogens is 1. The van der Waals surface area contributed by atoms with E-state index in [1.165, 1.54) is 5.56 Å². The molecule has 8 nitrogen and oxygen atoms in total. The Bertz CT molecular complexity index is 828. The minimum atomic E-state index is 0.501. The van der Waals surface area contributed by atoms with Gasteiger partial charge in [-0.1, -0.05) is 18.1 Å². The number of hydrogen-bond donors (Lipinski definition) is 1. The van der Waals surface area contributed by atoms with Gasteiger partial charge in [0.2, 0.25) is 0 Å². The van der Waals surface area contributed by atoms with Crippen molar-refractivity contribution in [3.05, 3.63) is 41.3 Å². The number of methoxy groups -OCH3 is 2. The van der Waals surface area contributed by atoms with Gasteiger partial charge in [0.05, 0.1) is 19.9 Å². The second-order valence-electron chi connectivity index (χ2n) is 7.26. The molecule has 0 saturated carbocycles. The van der Waals surface area contributed by atoms with Crippen LogP contribution in [0.3, 0.4) is 0 Å². The zero-order valence-electron chi connectivity index (χ0n) is 18.5. The fraction of sp³-hybridized carbons (Fsp3) is 0.545. The van der Waals surface area contributed by atoms with E-state index in [1.54, 1.807) is 14.2 Å². The molecule has 164 valence electrons. The van der Waals surface area contributed by atoms with Crippen molar-refractivity contribution in [1.82, 2.24) is 20.3 Å². The minimum absolute atomic E-state index is 0.501. The van der Waals surface area contributed by atoms with Crippen LogP contribution in [0.4, 0.5) is 0 Å². The Balaban J connectivity index is 1.56. The van der Waals surface area contributed by atoms with E-state index in [-0.39, 0.29) is 0 Å². The van der Waals surface area contributed by atoms with Gasteiger partial charge < -0.3 is 24.2 Å². The van der Waals surface area contributed by atoms with E-state index in [0.717, 1.165) is 74.6 Å². The molecule has 0 bridgehead atoms. The Morgan fingerprint density at radius 2 is 1.87 bits per heavy atom. The molecule has 0 atom stereocenters. The lowest BCUT2D eigenvalue weighted by Crippen LogP contribution is -2.52. The monoisotopic (exact) mass is 415 g/mol. The zero-order valence-corrected chi connectivity index (χ0v) is 18.5. The Morgan fingerprint density at radius 3 is 2.50 bits per heavy atom. The molecule has 1 aromatic heterocycles. The summed E-state index contributed by atoms with van der Waals surface area (Å²) in [6.45, 7) is 10.2. The van der Waals surface area contributed by atoms with Crippen molar-refractivity contribution in [2.24, 2.45) is 4.99 Å². The van der Waals surface area contributed by atoms with Gasteiger partial charge in [0, 0.05) is 45.3 Å².